The van der Waals surface area contributed by atoms with Crippen LogP contribution in [-0.4, -0.2) is 33.2 Å². The Morgan fingerprint density at radius 1 is 1.12 bits per heavy atom. The van der Waals surface area contributed by atoms with Crippen LogP contribution in [0.15, 0.2) is 48.5 Å². The third kappa shape index (κ3) is 3.34. The van der Waals surface area contributed by atoms with Crippen molar-refractivity contribution in [1.29, 1.82) is 0 Å². The van der Waals surface area contributed by atoms with E-state index in [0.29, 0.717) is 16.8 Å². The number of alkyl halides is 1. The largest absolute Gasteiger partial charge is 0.508 e. The molecule has 1 aliphatic rings. The monoisotopic (exact) mass is 373 g/mol. The van der Waals surface area contributed by atoms with E-state index in [-0.39, 0.29) is 11.7 Å². The Kier molecular flexibility index (Phi) is 4.81. The summed E-state index contributed by atoms with van der Waals surface area (Å²) in [7, 11) is 0. The van der Waals surface area contributed by atoms with Crippen LogP contribution in [0.25, 0.3) is 0 Å². The van der Waals surface area contributed by atoms with Crippen molar-refractivity contribution in [3.05, 3.63) is 59.7 Å². The van der Waals surface area contributed by atoms with Crippen molar-refractivity contribution < 1.29 is 19.5 Å². The number of hydrazine groups is 1. The minimum Gasteiger partial charge on any atom is -0.508 e. The Morgan fingerprint density at radius 2 is 1.77 bits per heavy atom. The molecule has 0 bridgehead atoms. The first kappa shape index (κ1) is 17.8. The number of benzene rings is 2. The minimum absolute atomic E-state index is 0.00504. The van der Waals surface area contributed by atoms with Gasteiger partial charge < -0.3 is 10.4 Å². The van der Waals surface area contributed by atoms with Gasteiger partial charge in [-0.25, -0.2) is 5.01 Å². The van der Waals surface area contributed by atoms with Gasteiger partial charge >= 0.3 is 0 Å². The van der Waals surface area contributed by atoms with Gasteiger partial charge in [-0.1, -0.05) is 18.2 Å². The molecule has 0 saturated carbocycles. The van der Waals surface area contributed by atoms with Crippen LogP contribution in [0.4, 0.5) is 5.69 Å². The number of anilines is 1. The lowest BCUT2D eigenvalue weighted by molar-refractivity contribution is -0.149. The molecule has 1 aliphatic heterocycles. The van der Waals surface area contributed by atoms with E-state index >= 15 is 0 Å². The number of carbonyl (C=O) groups is 3. The SMILES string of the molecule is CC(=O)Nc1ccc(C(=O)NN2C(=O)[C@@H](Cl)[C@H]2c2ccccc2O)cc1. The molecule has 26 heavy (non-hydrogen) atoms. The molecule has 1 fully saturated rings. The average Bonchev–Trinajstić information content (AvgIpc) is 2.62. The van der Waals surface area contributed by atoms with Crippen molar-refractivity contribution in [3.8, 4) is 5.75 Å². The summed E-state index contributed by atoms with van der Waals surface area (Å²) in [6, 6.07) is 12.1. The highest BCUT2D eigenvalue weighted by Crippen LogP contribution is 2.40. The quantitative estimate of drug-likeness (QED) is 0.565. The predicted molar refractivity (Wildman–Crippen MR) is 95.5 cm³/mol. The molecule has 1 heterocycles. The third-order valence-corrected chi connectivity index (χ3v) is 4.40. The van der Waals surface area contributed by atoms with Gasteiger partial charge in [0.05, 0.1) is 0 Å². The maximum Gasteiger partial charge on any atom is 0.269 e. The van der Waals surface area contributed by atoms with Gasteiger partial charge in [-0.2, -0.15) is 0 Å². The molecule has 1 saturated heterocycles. The fraction of sp³-hybridized carbons (Fsp3) is 0.167. The molecule has 3 rings (SSSR count). The Hall–Kier alpha value is -3.06. The number of nitrogens with one attached hydrogen (secondary N) is 2. The summed E-state index contributed by atoms with van der Waals surface area (Å²) < 4.78 is 0. The summed E-state index contributed by atoms with van der Waals surface area (Å²) in [6.45, 7) is 1.39. The smallest absolute Gasteiger partial charge is 0.269 e. The number of aromatic hydroxyl groups is 1. The summed E-state index contributed by atoms with van der Waals surface area (Å²) in [6.07, 6.45) is 0. The summed E-state index contributed by atoms with van der Waals surface area (Å²) in [5.41, 5.74) is 3.83. The van der Waals surface area contributed by atoms with Gasteiger partial charge in [0, 0.05) is 23.7 Å². The van der Waals surface area contributed by atoms with E-state index in [2.05, 4.69) is 10.7 Å². The van der Waals surface area contributed by atoms with E-state index in [1.807, 2.05) is 0 Å². The van der Waals surface area contributed by atoms with Gasteiger partial charge in [-0.3, -0.25) is 19.8 Å². The zero-order valence-corrected chi connectivity index (χ0v) is 14.5. The fourth-order valence-corrected chi connectivity index (χ4v) is 3.05. The first-order valence-corrected chi connectivity index (χ1v) is 8.26. The molecule has 0 unspecified atom stereocenters. The van der Waals surface area contributed by atoms with Crippen LogP contribution in [0, 0.1) is 0 Å². The van der Waals surface area contributed by atoms with Crippen molar-refractivity contribution in [1.82, 2.24) is 10.4 Å². The minimum atomic E-state index is -0.870. The molecule has 2 aromatic rings. The molecule has 8 heteroatoms. The Morgan fingerprint density at radius 3 is 2.38 bits per heavy atom. The highest BCUT2D eigenvalue weighted by molar-refractivity contribution is 6.33. The van der Waals surface area contributed by atoms with Crippen molar-refractivity contribution >= 4 is 35.0 Å². The molecule has 2 aromatic carbocycles. The van der Waals surface area contributed by atoms with Gasteiger partial charge in [0.15, 0.2) is 0 Å². The number of hydrogen-bond donors (Lipinski definition) is 3. The molecule has 0 radical (unpaired) electrons. The first-order valence-electron chi connectivity index (χ1n) is 7.82. The number of halogens is 1. The van der Waals surface area contributed by atoms with Crippen LogP contribution in [0.5, 0.6) is 5.75 Å². The summed E-state index contributed by atoms with van der Waals surface area (Å²) in [4.78, 5) is 35.5. The fourth-order valence-electron chi connectivity index (χ4n) is 2.69. The molecule has 0 aromatic heterocycles. The summed E-state index contributed by atoms with van der Waals surface area (Å²) in [5, 5.41) is 12.8. The van der Waals surface area contributed by atoms with Crippen LogP contribution < -0.4 is 10.7 Å². The van der Waals surface area contributed by atoms with E-state index in [4.69, 9.17) is 11.6 Å². The van der Waals surface area contributed by atoms with Gasteiger partial charge in [-0.15, -0.1) is 11.6 Å². The van der Waals surface area contributed by atoms with E-state index in [0.717, 1.165) is 5.01 Å². The normalized spacial score (nSPS) is 18.8. The molecule has 3 amide bonds. The highest BCUT2D eigenvalue weighted by Gasteiger charge is 2.49. The summed E-state index contributed by atoms with van der Waals surface area (Å²) >= 11 is 6.07. The lowest BCUT2D eigenvalue weighted by atomic mass is 9.94. The highest BCUT2D eigenvalue weighted by atomic mass is 35.5. The van der Waals surface area contributed by atoms with Crippen molar-refractivity contribution in [3.63, 3.8) is 0 Å². The van der Waals surface area contributed by atoms with Gasteiger partial charge in [-0.05, 0) is 30.3 Å². The van der Waals surface area contributed by atoms with Gasteiger partial charge in [0.2, 0.25) is 5.91 Å². The second-order valence-electron chi connectivity index (χ2n) is 5.81. The molecule has 0 spiro atoms. The lowest BCUT2D eigenvalue weighted by Gasteiger charge is -2.44. The molecular weight excluding hydrogens is 358 g/mol. The predicted octanol–water partition coefficient (Wildman–Crippen LogP) is 2.19. The zero-order valence-electron chi connectivity index (χ0n) is 13.8. The molecule has 134 valence electrons. The molecule has 7 nitrogen and oxygen atoms in total. The maximum absolute atomic E-state index is 12.4. The number of phenols is 1. The first-order chi connectivity index (χ1) is 12.4. The number of nitrogens with zero attached hydrogens (tertiary/aromatic N) is 1. The number of rotatable bonds is 4. The van der Waals surface area contributed by atoms with Gasteiger partial charge in [0.1, 0.15) is 17.2 Å². The molecule has 0 aliphatic carbocycles. The van der Waals surface area contributed by atoms with Crippen molar-refractivity contribution in [2.24, 2.45) is 0 Å². The lowest BCUT2D eigenvalue weighted by Crippen LogP contribution is -2.63. The van der Waals surface area contributed by atoms with Crippen LogP contribution in [0.1, 0.15) is 28.9 Å². The second-order valence-corrected chi connectivity index (χ2v) is 6.28. The topological polar surface area (TPSA) is 98.7 Å². The van der Waals surface area contributed by atoms with E-state index in [9.17, 15) is 19.5 Å². The van der Waals surface area contributed by atoms with E-state index in [1.165, 1.54) is 25.1 Å². The van der Waals surface area contributed by atoms with Crippen LogP contribution in [0.3, 0.4) is 0 Å². The van der Waals surface area contributed by atoms with E-state index < -0.39 is 23.2 Å². The second kappa shape index (κ2) is 7.05. The van der Waals surface area contributed by atoms with Crippen LogP contribution in [-0.2, 0) is 9.59 Å². The molecule has 3 N–H and O–H groups in total. The molecular formula is C18H16ClN3O4. The molecule has 2 atom stereocenters. The maximum atomic E-state index is 12.4. The summed E-state index contributed by atoms with van der Waals surface area (Å²) in [5.74, 6) is -1.18. The Bertz CT molecular complexity index is 869. The number of phenolic OH excluding ortho intramolecular Hbond substituents is 1. The number of para-hydroxylation sites is 1. The third-order valence-electron chi connectivity index (χ3n) is 3.97. The van der Waals surface area contributed by atoms with Crippen LogP contribution in [0.2, 0.25) is 0 Å². The number of hydrogen-bond acceptors (Lipinski definition) is 4. The Balaban J connectivity index is 1.74. The average molecular weight is 374 g/mol. The van der Waals surface area contributed by atoms with E-state index in [1.54, 1.807) is 30.3 Å². The zero-order chi connectivity index (χ0) is 18.8. The van der Waals surface area contributed by atoms with Crippen molar-refractivity contribution in [2.75, 3.05) is 5.32 Å². The van der Waals surface area contributed by atoms with Crippen LogP contribution >= 0.6 is 11.6 Å². The Labute approximate surface area is 154 Å². The number of amides is 3. The number of β-lactam (4-membered cyclic amide) rings is 1. The standard InChI is InChI=1S/C18H16ClN3O4/c1-10(23)20-12-8-6-11(7-9-12)17(25)21-22-16(15(19)18(22)26)13-4-2-3-5-14(13)24/h2-9,15-16,24H,1H3,(H,20,23)(H,21,25)/t15-,16+/m0/s1. The van der Waals surface area contributed by atoms with Gasteiger partial charge in [0.25, 0.3) is 11.8 Å². The number of carbonyl (C=O) groups excluding carboxylic acids is 3. The van der Waals surface area contributed by atoms with Crippen molar-refractivity contribution in [2.45, 2.75) is 18.3 Å².